The Morgan fingerprint density at radius 1 is 1.28 bits per heavy atom. The zero-order chi connectivity index (χ0) is 13.0. The number of hydrogen-bond donors (Lipinski definition) is 0. The van der Waals surface area contributed by atoms with Crippen LogP contribution >= 0.6 is 11.7 Å². The first-order valence-electron chi connectivity index (χ1n) is 6.97. The Labute approximate surface area is 114 Å². The molecule has 1 aliphatic rings. The molecule has 1 aromatic heterocycles. The van der Waals surface area contributed by atoms with E-state index in [1.165, 1.54) is 31.0 Å². The lowest BCUT2D eigenvalue weighted by Gasteiger charge is -2.39. The maximum Gasteiger partial charge on any atom is 0.270 e. The van der Waals surface area contributed by atoms with E-state index in [0.29, 0.717) is 12.1 Å². The molecule has 0 aliphatic carbocycles. The third kappa shape index (κ3) is 2.94. The minimum atomic E-state index is 0.533. The van der Waals surface area contributed by atoms with Crippen molar-refractivity contribution in [1.29, 1.82) is 0 Å². The van der Waals surface area contributed by atoms with Crippen LogP contribution in [0, 0.1) is 0 Å². The maximum absolute atomic E-state index is 5.76. The van der Waals surface area contributed by atoms with Crippen LogP contribution in [0.3, 0.4) is 0 Å². The van der Waals surface area contributed by atoms with Crippen molar-refractivity contribution in [3.8, 4) is 5.88 Å². The molecule has 5 heteroatoms. The third-order valence-electron chi connectivity index (χ3n) is 3.62. The molecular weight excluding hydrogens is 246 g/mol. The van der Waals surface area contributed by atoms with Gasteiger partial charge in [0.1, 0.15) is 0 Å². The topological polar surface area (TPSA) is 38.3 Å². The monoisotopic (exact) mass is 269 g/mol. The zero-order valence-corrected chi connectivity index (χ0v) is 12.4. The van der Waals surface area contributed by atoms with Crippen molar-refractivity contribution in [2.24, 2.45) is 0 Å². The summed E-state index contributed by atoms with van der Waals surface area (Å²) in [5.74, 6) is 1.69. The second-order valence-corrected chi connectivity index (χ2v) is 5.66. The molecule has 4 nitrogen and oxygen atoms in total. The molecule has 1 aliphatic heterocycles. The number of rotatable bonds is 5. The first-order chi connectivity index (χ1) is 8.74. The van der Waals surface area contributed by atoms with E-state index in [2.05, 4.69) is 34.4 Å². The van der Waals surface area contributed by atoms with E-state index in [0.717, 1.165) is 31.1 Å². The molecule has 0 radical (unpaired) electrons. The molecule has 2 unspecified atom stereocenters. The Balaban J connectivity index is 2.09. The van der Waals surface area contributed by atoms with Gasteiger partial charge in [-0.15, -0.1) is 4.37 Å². The summed E-state index contributed by atoms with van der Waals surface area (Å²) in [6, 6.07) is 1.07. The number of anilines is 1. The normalized spacial score (nSPS) is 24.3. The van der Waals surface area contributed by atoms with Gasteiger partial charge in [0.2, 0.25) is 5.82 Å². The zero-order valence-electron chi connectivity index (χ0n) is 11.6. The molecule has 2 rings (SSSR count). The van der Waals surface area contributed by atoms with Gasteiger partial charge < -0.3 is 9.64 Å². The molecule has 102 valence electrons. The summed E-state index contributed by atoms with van der Waals surface area (Å²) in [4.78, 5) is 2.38. The van der Waals surface area contributed by atoms with Crippen molar-refractivity contribution in [2.75, 3.05) is 11.5 Å². The second kappa shape index (κ2) is 6.36. The van der Waals surface area contributed by atoms with Crippen molar-refractivity contribution in [3.05, 3.63) is 0 Å². The highest BCUT2D eigenvalue weighted by Crippen LogP contribution is 2.34. The largest absolute Gasteiger partial charge is 0.474 e. The van der Waals surface area contributed by atoms with Gasteiger partial charge >= 0.3 is 0 Å². The Kier molecular flexibility index (Phi) is 4.80. The molecule has 0 spiro atoms. The summed E-state index contributed by atoms with van der Waals surface area (Å²) in [6.45, 7) is 7.44. The minimum Gasteiger partial charge on any atom is -0.474 e. The van der Waals surface area contributed by atoms with E-state index in [-0.39, 0.29) is 0 Å². The number of unbranched alkanes of at least 4 members (excludes halogenated alkanes) is 1. The highest BCUT2D eigenvalue weighted by molar-refractivity contribution is 6.99. The van der Waals surface area contributed by atoms with Crippen LogP contribution in [-0.2, 0) is 0 Å². The molecular formula is C13H23N3OS. The van der Waals surface area contributed by atoms with Crippen LogP contribution in [0.15, 0.2) is 0 Å². The number of hydrogen-bond acceptors (Lipinski definition) is 5. The summed E-state index contributed by atoms with van der Waals surface area (Å²) in [7, 11) is 0. The molecule has 1 saturated heterocycles. The van der Waals surface area contributed by atoms with Crippen LogP contribution in [0.1, 0.15) is 52.9 Å². The fourth-order valence-corrected chi connectivity index (χ4v) is 3.08. The van der Waals surface area contributed by atoms with Gasteiger partial charge in [-0.2, -0.15) is 4.37 Å². The Morgan fingerprint density at radius 3 is 2.67 bits per heavy atom. The smallest absolute Gasteiger partial charge is 0.270 e. The predicted molar refractivity (Wildman–Crippen MR) is 75.6 cm³/mol. The highest BCUT2D eigenvalue weighted by atomic mass is 32.1. The number of piperidine rings is 1. The van der Waals surface area contributed by atoms with Crippen molar-refractivity contribution in [3.63, 3.8) is 0 Å². The lowest BCUT2D eigenvalue weighted by Crippen LogP contribution is -2.44. The van der Waals surface area contributed by atoms with Crippen molar-refractivity contribution >= 4 is 17.5 Å². The molecule has 2 atom stereocenters. The van der Waals surface area contributed by atoms with Gasteiger partial charge in [0.05, 0.1) is 18.3 Å². The molecule has 0 saturated carbocycles. The van der Waals surface area contributed by atoms with Gasteiger partial charge in [0.25, 0.3) is 5.88 Å². The first-order valence-corrected chi connectivity index (χ1v) is 7.70. The van der Waals surface area contributed by atoms with Gasteiger partial charge in [0, 0.05) is 12.1 Å². The standard InChI is InChI=1S/C13H23N3OS/c1-4-5-9-17-13-12(14-18-15-13)16-10(2)7-6-8-11(16)3/h10-11H,4-9H2,1-3H3. The quantitative estimate of drug-likeness (QED) is 0.767. The second-order valence-electron chi connectivity index (χ2n) is 5.13. The highest BCUT2D eigenvalue weighted by Gasteiger charge is 2.29. The van der Waals surface area contributed by atoms with Gasteiger partial charge in [-0.3, -0.25) is 0 Å². The van der Waals surface area contributed by atoms with Gasteiger partial charge in [-0.05, 0) is 39.5 Å². The first kappa shape index (κ1) is 13.6. The van der Waals surface area contributed by atoms with E-state index in [9.17, 15) is 0 Å². The Morgan fingerprint density at radius 2 is 2.00 bits per heavy atom. The molecule has 2 heterocycles. The van der Waals surface area contributed by atoms with Crippen LogP contribution in [0.25, 0.3) is 0 Å². The van der Waals surface area contributed by atoms with Crippen molar-refractivity contribution in [2.45, 2.75) is 65.0 Å². The molecule has 18 heavy (non-hydrogen) atoms. The third-order valence-corrected chi connectivity index (χ3v) is 4.12. The SMILES string of the molecule is CCCCOc1nsnc1N1C(C)CCCC1C. The van der Waals surface area contributed by atoms with Crippen molar-refractivity contribution < 1.29 is 4.74 Å². The van der Waals surface area contributed by atoms with E-state index in [1.807, 2.05) is 0 Å². The van der Waals surface area contributed by atoms with Crippen LogP contribution < -0.4 is 9.64 Å². The molecule has 0 N–H and O–H groups in total. The van der Waals surface area contributed by atoms with Gasteiger partial charge in [-0.1, -0.05) is 13.3 Å². The van der Waals surface area contributed by atoms with Crippen LogP contribution in [0.4, 0.5) is 5.82 Å². The number of ether oxygens (including phenoxy) is 1. The summed E-state index contributed by atoms with van der Waals surface area (Å²) in [5.41, 5.74) is 0. The summed E-state index contributed by atoms with van der Waals surface area (Å²) in [6.07, 6.45) is 5.99. The van der Waals surface area contributed by atoms with E-state index in [1.54, 1.807) is 0 Å². The number of nitrogens with zero attached hydrogens (tertiary/aromatic N) is 3. The average molecular weight is 269 g/mol. The van der Waals surface area contributed by atoms with Crippen LogP contribution in [-0.4, -0.2) is 27.4 Å². The summed E-state index contributed by atoms with van der Waals surface area (Å²) >= 11 is 1.26. The fourth-order valence-electron chi connectivity index (χ4n) is 2.58. The predicted octanol–water partition coefficient (Wildman–Crippen LogP) is 3.48. The van der Waals surface area contributed by atoms with E-state index >= 15 is 0 Å². The Hall–Kier alpha value is -0.840. The van der Waals surface area contributed by atoms with Crippen LogP contribution in [0.2, 0.25) is 0 Å². The molecule has 1 aromatic rings. The lowest BCUT2D eigenvalue weighted by atomic mass is 9.98. The molecule has 0 aromatic carbocycles. The van der Waals surface area contributed by atoms with Gasteiger partial charge in [0.15, 0.2) is 0 Å². The average Bonchev–Trinajstić information content (AvgIpc) is 2.78. The summed E-state index contributed by atoms with van der Waals surface area (Å²) < 4.78 is 14.5. The maximum atomic E-state index is 5.76. The minimum absolute atomic E-state index is 0.533. The molecule has 1 fully saturated rings. The molecule has 0 bridgehead atoms. The Bertz CT molecular complexity index is 359. The lowest BCUT2D eigenvalue weighted by molar-refractivity contribution is 0.297. The van der Waals surface area contributed by atoms with E-state index < -0.39 is 0 Å². The molecule has 0 amide bonds. The van der Waals surface area contributed by atoms with Crippen LogP contribution in [0.5, 0.6) is 5.88 Å². The van der Waals surface area contributed by atoms with Gasteiger partial charge in [-0.25, -0.2) is 0 Å². The van der Waals surface area contributed by atoms with E-state index in [4.69, 9.17) is 4.74 Å². The summed E-state index contributed by atoms with van der Waals surface area (Å²) in [5, 5.41) is 0. The van der Waals surface area contributed by atoms with Crippen molar-refractivity contribution in [1.82, 2.24) is 8.75 Å². The number of aromatic nitrogens is 2. The fraction of sp³-hybridized carbons (Fsp3) is 0.846.